The number of hydrogen-bond acceptors (Lipinski definition) is 3. The average Bonchev–Trinajstić information content (AvgIpc) is 2.74. The molecule has 2 amide bonds. The number of benzene rings is 3. The summed E-state index contributed by atoms with van der Waals surface area (Å²) in [6, 6.07) is 21.6. The first-order valence-electron chi connectivity index (χ1n) is 9.18. The third-order valence-electron chi connectivity index (χ3n) is 4.51. The van der Waals surface area contributed by atoms with E-state index < -0.39 is 12.0 Å². The SMILES string of the molecule is O=C(O)c1cc(N(C(=O)Nc2ccccc2)c2ccccc2)c2c(Cl)cc(Cl)cc2n1. The molecule has 0 saturated carbocycles. The van der Waals surface area contributed by atoms with E-state index in [0.29, 0.717) is 21.8 Å². The Kier molecular flexibility index (Phi) is 5.75. The number of aromatic nitrogens is 1. The molecule has 0 aliphatic rings. The van der Waals surface area contributed by atoms with Crippen LogP contribution in [0, 0.1) is 0 Å². The Balaban J connectivity index is 1.96. The van der Waals surface area contributed by atoms with Crippen LogP contribution in [-0.2, 0) is 0 Å². The van der Waals surface area contributed by atoms with E-state index in [1.807, 2.05) is 12.1 Å². The van der Waals surface area contributed by atoms with Crippen LogP contribution in [0.25, 0.3) is 10.9 Å². The number of para-hydroxylation sites is 2. The van der Waals surface area contributed by atoms with Crippen LogP contribution in [0.3, 0.4) is 0 Å². The molecule has 0 fully saturated rings. The number of hydrogen-bond donors (Lipinski definition) is 2. The number of nitrogens with zero attached hydrogens (tertiary/aromatic N) is 2. The van der Waals surface area contributed by atoms with Gasteiger partial charge in [0.15, 0.2) is 5.69 Å². The summed E-state index contributed by atoms with van der Waals surface area (Å²) in [7, 11) is 0. The molecule has 154 valence electrons. The molecule has 2 N–H and O–H groups in total. The maximum atomic E-state index is 13.4. The number of pyridine rings is 1. The van der Waals surface area contributed by atoms with Gasteiger partial charge < -0.3 is 10.4 Å². The lowest BCUT2D eigenvalue weighted by Crippen LogP contribution is -2.31. The lowest BCUT2D eigenvalue weighted by Gasteiger charge is -2.25. The standard InChI is InChI=1S/C23H15Cl2N3O3/c24-14-11-17(25)21-18(12-14)27-19(22(29)30)13-20(21)28(16-9-5-2-6-10-16)23(31)26-15-7-3-1-4-8-15/h1-13H,(H,26,31)(H,29,30). The van der Waals surface area contributed by atoms with Crippen LogP contribution in [0.1, 0.15) is 10.5 Å². The average molecular weight is 452 g/mol. The van der Waals surface area contributed by atoms with Crippen LogP contribution in [0.2, 0.25) is 10.0 Å². The lowest BCUT2D eigenvalue weighted by atomic mass is 10.1. The second-order valence-corrected chi connectivity index (χ2v) is 7.42. The second kappa shape index (κ2) is 8.63. The molecule has 0 atom stereocenters. The van der Waals surface area contributed by atoms with E-state index in [1.54, 1.807) is 48.5 Å². The molecule has 0 unspecified atom stereocenters. The number of carbonyl (C=O) groups excluding carboxylic acids is 1. The first-order chi connectivity index (χ1) is 14.9. The van der Waals surface area contributed by atoms with Crippen molar-refractivity contribution in [1.82, 2.24) is 4.98 Å². The topological polar surface area (TPSA) is 82.5 Å². The van der Waals surface area contributed by atoms with Crippen molar-refractivity contribution in [2.75, 3.05) is 10.2 Å². The van der Waals surface area contributed by atoms with Crippen LogP contribution < -0.4 is 10.2 Å². The fourth-order valence-electron chi connectivity index (χ4n) is 3.20. The van der Waals surface area contributed by atoms with Gasteiger partial charge in [-0.05, 0) is 42.5 Å². The van der Waals surface area contributed by atoms with Gasteiger partial charge >= 0.3 is 12.0 Å². The number of carboxylic acid groups (broad SMARTS) is 1. The number of fused-ring (bicyclic) bond motifs is 1. The summed E-state index contributed by atoms with van der Waals surface area (Å²) < 4.78 is 0. The Morgan fingerprint density at radius 3 is 2.19 bits per heavy atom. The van der Waals surface area contributed by atoms with Gasteiger partial charge in [0, 0.05) is 16.1 Å². The van der Waals surface area contributed by atoms with Gasteiger partial charge in [0.2, 0.25) is 0 Å². The first kappa shape index (κ1) is 20.7. The number of amides is 2. The number of nitrogens with one attached hydrogen (secondary N) is 1. The summed E-state index contributed by atoms with van der Waals surface area (Å²) >= 11 is 12.6. The molecule has 1 heterocycles. The Morgan fingerprint density at radius 1 is 0.903 bits per heavy atom. The predicted octanol–water partition coefficient (Wildman–Crippen LogP) is 6.61. The van der Waals surface area contributed by atoms with E-state index in [-0.39, 0.29) is 21.9 Å². The lowest BCUT2D eigenvalue weighted by molar-refractivity contribution is 0.0691. The summed E-state index contributed by atoms with van der Waals surface area (Å²) in [4.78, 5) is 30.6. The van der Waals surface area contributed by atoms with Crippen LogP contribution in [-0.4, -0.2) is 22.1 Å². The summed E-state index contributed by atoms with van der Waals surface area (Å²) in [6.45, 7) is 0. The fourth-order valence-corrected chi connectivity index (χ4v) is 3.77. The van der Waals surface area contributed by atoms with Crippen molar-refractivity contribution in [3.63, 3.8) is 0 Å². The minimum Gasteiger partial charge on any atom is -0.477 e. The number of carbonyl (C=O) groups is 2. The van der Waals surface area contributed by atoms with Gasteiger partial charge in [-0.25, -0.2) is 14.6 Å². The highest BCUT2D eigenvalue weighted by Crippen LogP contribution is 2.38. The molecule has 3 aromatic carbocycles. The Hall–Kier alpha value is -3.61. The minimum atomic E-state index is -1.24. The fraction of sp³-hybridized carbons (Fsp3) is 0. The van der Waals surface area contributed by atoms with Crippen molar-refractivity contribution in [3.05, 3.63) is 94.6 Å². The highest BCUT2D eigenvalue weighted by atomic mass is 35.5. The normalized spacial score (nSPS) is 10.6. The Bertz CT molecular complexity index is 1280. The van der Waals surface area contributed by atoms with Crippen LogP contribution in [0.4, 0.5) is 21.9 Å². The van der Waals surface area contributed by atoms with E-state index in [1.165, 1.54) is 23.1 Å². The zero-order valence-electron chi connectivity index (χ0n) is 15.9. The third kappa shape index (κ3) is 4.30. The molecule has 4 rings (SSSR count). The molecule has 8 heteroatoms. The zero-order chi connectivity index (χ0) is 22.0. The number of aromatic carboxylic acids is 1. The van der Waals surface area contributed by atoms with E-state index in [2.05, 4.69) is 10.3 Å². The van der Waals surface area contributed by atoms with Gasteiger partial charge in [-0.15, -0.1) is 0 Å². The summed E-state index contributed by atoms with van der Waals surface area (Å²) in [6.07, 6.45) is 0. The van der Waals surface area contributed by atoms with Gasteiger partial charge in [-0.3, -0.25) is 4.90 Å². The summed E-state index contributed by atoms with van der Waals surface area (Å²) in [5.41, 5.74) is 1.39. The zero-order valence-corrected chi connectivity index (χ0v) is 17.4. The smallest absolute Gasteiger partial charge is 0.354 e. The molecule has 0 aliphatic heterocycles. The third-order valence-corrected chi connectivity index (χ3v) is 5.02. The molecule has 6 nitrogen and oxygen atoms in total. The van der Waals surface area contributed by atoms with Crippen molar-refractivity contribution >= 4 is 63.2 Å². The van der Waals surface area contributed by atoms with Crippen molar-refractivity contribution < 1.29 is 14.7 Å². The van der Waals surface area contributed by atoms with Gasteiger partial charge in [0.25, 0.3) is 0 Å². The molecule has 4 aromatic rings. The van der Waals surface area contributed by atoms with Crippen LogP contribution in [0.15, 0.2) is 78.9 Å². The molecule has 1 aromatic heterocycles. The van der Waals surface area contributed by atoms with Crippen LogP contribution in [0.5, 0.6) is 0 Å². The quantitative estimate of drug-likeness (QED) is 0.365. The van der Waals surface area contributed by atoms with Crippen molar-refractivity contribution in [2.24, 2.45) is 0 Å². The molecular weight excluding hydrogens is 437 g/mol. The predicted molar refractivity (Wildman–Crippen MR) is 123 cm³/mol. The summed E-state index contributed by atoms with van der Waals surface area (Å²) in [5, 5.41) is 13.4. The number of urea groups is 1. The van der Waals surface area contributed by atoms with E-state index in [4.69, 9.17) is 23.2 Å². The Labute approximate surface area is 187 Å². The number of halogens is 2. The molecule has 31 heavy (non-hydrogen) atoms. The second-order valence-electron chi connectivity index (χ2n) is 6.58. The maximum Gasteiger partial charge on any atom is 0.354 e. The van der Waals surface area contributed by atoms with Crippen molar-refractivity contribution in [1.29, 1.82) is 0 Å². The molecule has 0 saturated heterocycles. The number of anilines is 3. The van der Waals surface area contributed by atoms with Gasteiger partial charge in [-0.1, -0.05) is 59.6 Å². The highest BCUT2D eigenvalue weighted by Gasteiger charge is 2.24. The van der Waals surface area contributed by atoms with E-state index >= 15 is 0 Å². The number of carboxylic acids is 1. The molecule has 0 bridgehead atoms. The summed E-state index contributed by atoms with van der Waals surface area (Å²) in [5.74, 6) is -1.24. The highest BCUT2D eigenvalue weighted by molar-refractivity contribution is 6.40. The largest absolute Gasteiger partial charge is 0.477 e. The van der Waals surface area contributed by atoms with E-state index in [0.717, 1.165) is 0 Å². The first-order valence-corrected chi connectivity index (χ1v) is 9.94. The van der Waals surface area contributed by atoms with Gasteiger partial charge in [0.05, 0.1) is 21.9 Å². The molecule has 0 spiro atoms. The van der Waals surface area contributed by atoms with Gasteiger partial charge in [0.1, 0.15) is 0 Å². The van der Waals surface area contributed by atoms with Gasteiger partial charge in [-0.2, -0.15) is 0 Å². The van der Waals surface area contributed by atoms with Crippen LogP contribution >= 0.6 is 23.2 Å². The van der Waals surface area contributed by atoms with Crippen molar-refractivity contribution in [2.45, 2.75) is 0 Å². The van der Waals surface area contributed by atoms with E-state index in [9.17, 15) is 14.7 Å². The maximum absolute atomic E-state index is 13.4. The minimum absolute atomic E-state index is 0.241. The number of rotatable bonds is 4. The monoisotopic (exact) mass is 451 g/mol. The molecule has 0 radical (unpaired) electrons. The van der Waals surface area contributed by atoms with Crippen molar-refractivity contribution in [3.8, 4) is 0 Å². The Morgan fingerprint density at radius 2 is 1.55 bits per heavy atom. The molecular formula is C23H15Cl2N3O3. The molecule has 0 aliphatic carbocycles.